The van der Waals surface area contributed by atoms with Crippen LogP contribution in [0.5, 0.6) is 0 Å². The van der Waals surface area contributed by atoms with E-state index in [4.69, 9.17) is 16.3 Å². The first-order valence-electron chi connectivity index (χ1n) is 13.0. The van der Waals surface area contributed by atoms with Gasteiger partial charge in [-0.25, -0.2) is 8.42 Å². The summed E-state index contributed by atoms with van der Waals surface area (Å²) in [6.07, 6.45) is 1.95. The Morgan fingerprint density at radius 2 is 1.45 bits per heavy atom. The van der Waals surface area contributed by atoms with Gasteiger partial charge in [0.15, 0.2) is 0 Å². The molecular weight excluding hydrogens is 550 g/mol. The summed E-state index contributed by atoms with van der Waals surface area (Å²) in [5, 5.41) is 3.47. The molecule has 1 atom stereocenters. The maximum atomic E-state index is 14.0. The molecule has 0 aliphatic heterocycles. The lowest BCUT2D eigenvalue weighted by Gasteiger charge is -2.33. The van der Waals surface area contributed by atoms with Gasteiger partial charge in [-0.2, -0.15) is 4.31 Å². The third kappa shape index (κ3) is 10.1. The Labute approximate surface area is 241 Å². The minimum absolute atomic E-state index is 0.0345. The number of rotatable bonds is 15. The van der Waals surface area contributed by atoms with Gasteiger partial charge in [0.05, 0.1) is 12.8 Å². The van der Waals surface area contributed by atoms with Crippen LogP contribution >= 0.6 is 11.6 Å². The van der Waals surface area contributed by atoms with E-state index < -0.39 is 28.5 Å². The average molecular weight is 586 g/mol. The second kappa shape index (κ2) is 15.5. The van der Waals surface area contributed by atoms with E-state index >= 15 is 0 Å². The molecule has 214 valence electrons. The number of hydrogen-bond acceptors (Lipinski definition) is 5. The predicted octanol–water partition coefficient (Wildman–Crippen LogP) is 3.89. The third-order valence-electron chi connectivity index (χ3n) is 6.34. The number of nitrogens with one attached hydrogen (secondary N) is 1. The molecule has 2 amide bonds. The van der Waals surface area contributed by atoms with Crippen molar-refractivity contribution in [3.05, 3.63) is 107 Å². The summed E-state index contributed by atoms with van der Waals surface area (Å²) in [6, 6.07) is 24.6. The van der Waals surface area contributed by atoms with Crippen molar-refractivity contribution in [2.45, 2.75) is 32.0 Å². The van der Waals surface area contributed by atoms with Gasteiger partial charge in [0.2, 0.25) is 21.8 Å². The fraction of sp³-hybridized carbons (Fsp3) is 0.333. The van der Waals surface area contributed by atoms with Crippen molar-refractivity contribution >= 4 is 33.4 Å². The Hall–Kier alpha value is -3.24. The number of methoxy groups -OCH3 is 1. The van der Waals surface area contributed by atoms with Gasteiger partial charge in [0, 0.05) is 44.8 Å². The molecule has 0 heterocycles. The van der Waals surface area contributed by atoms with E-state index in [1.54, 1.807) is 43.5 Å². The zero-order valence-corrected chi connectivity index (χ0v) is 24.4. The SMILES string of the molecule is COCCCNC(=O)C(Cc1ccccc1)N(Cc1ccc(Cl)cc1)C(=O)CN(Cc1ccccc1)S(C)(=O)=O. The van der Waals surface area contributed by atoms with E-state index in [2.05, 4.69) is 5.32 Å². The number of benzene rings is 3. The van der Waals surface area contributed by atoms with Crippen LogP contribution in [0.1, 0.15) is 23.1 Å². The van der Waals surface area contributed by atoms with E-state index in [-0.39, 0.29) is 25.4 Å². The molecule has 10 heteroatoms. The van der Waals surface area contributed by atoms with Crippen molar-refractivity contribution in [1.82, 2.24) is 14.5 Å². The van der Waals surface area contributed by atoms with Crippen molar-refractivity contribution in [1.29, 1.82) is 0 Å². The van der Waals surface area contributed by atoms with Crippen molar-refractivity contribution in [2.75, 3.05) is 33.1 Å². The Kier molecular flexibility index (Phi) is 12.1. The molecule has 8 nitrogen and oxygen atoms in total. The molecule has 0 spiro atoms. The number of carbonyl (C=O) groups is 2. The molecule has 0 saturated heterocycles. The van der Waals surface area contributed by atoms with Crippen molar-refractivity contribution < 1.29 is 22.7 Å². The minimum atomic E-state index is -3.74. The van der Waals surface area contributed by atoms with E-state index in [0.29, 0.717) is 24.6 Å². The van der Waals surface area contributed by atoms with E-state index in [1.165, 1.54) is 4.90 Å². The third-order valence-corrected chi connectivity index (χ3v) is 7.79. The Balaban J connectivity index is 1.95. The lowest BCUT2D eigenvalue weighted by atomic mass is 10.0. The van der Waals surface area contributed by atoms with Crippen LogP contribution in [0.15, 0.2) is 84.9 Å². The number of halogens is 1. The number of carbonyl (C=O) groups excluding carboxylic acids is 2. The maximum Gasteiger partial charge on any atom is 0.243 e. The highest BCUT2D eigenvalue weighted by atomic mass is 35.5. The summed E-state index contributed by atoms with van der Waals surface area (Å²) in [6.45, 7) is 0.586. The molecule has 1 unspecified atom stereocenters. The summed E-state index contributed by atoms with van der Waals surface area (Å²) < 4.78 is 31.7. The van der Waals surface area contributed by atoms with Crippen LogP contribution in [0.25, 0.3) is 0 Å². The van der Waals surface area contributed by atoms with Gasteiger partial charge in [-0.3, -0.25) is 9.59 Å². The molecule has 0 bridgehead atoms. The standard InChI is InChI=1S/C30H36ClN3O5S/c1-39-19-9-18-32-30(36)28(20-24-10-5-3-6-11-24)34(22-26-14-16-27(31)17-15-26)29(35)23-33(40(2,37)38)21-25-12-7-4-8-13-25/h3-8,10-17,28H,9,18-23H2,1-2H3,(H,32,36). The number of ether oxygens (including phenoxy) is 1. The quantitative estimate of drug-likeness (QED) is 0.273. The van der Waals surface area contributed by atoms with Gasteiger partial charge in [-0.15, -0.1) is 0 Å². The molecule has 0 fully saturated rings. The molecule has 0 aromatic heterocycles. The summed E-state index contributed by atoms with van der Waals surface area (Å²) in [4.78, 5) is 29.0. The number of nitrogens with zero attached hydrogens (tertiary/aromatic N) is 2. The van der Waals surface area contributed by atoms with Crippen LogP contribution in [-0.2, 0) is 43.9 Å². The topological polar surface area (TPSA) is 96.0 Å². The normalized spacial score (nSPS) is 12.2. The van der Waals surface area contributed by atoms with Gasteiger partial charge in [-0.1, -0.05) is 84.4 Å². The molecule has 0 saturated carbocycles. The summed E-state index contributed by atoms with van der Waals surface area (Å²) in [5.41, 5.74) is 2.39. The smallest absolute Gasteiger partial charge is 0.243 e. The Morgan fingerprint density at radius 3 is 2.02 bits per heavy atom. The molecule has 0 radical (unpaired) electrons. The molecule has 40 heavy (non-hydrogen) atoms. The van der Waals surface area contributed by atoms with Crippen molar-refractivity contribution in [3.8, 4) is 0 Å². The first kappa shape index (κ1) is 31.3. The monoisotopic (exact) mass is 585 g/mol. The highest BCUT2D eigenvalue weighted by molar-refractivity contribution is 7.88. The average Bonchev–Trinajstić information content (AvgIpc) is 2.94. The number of hydrogen-bond donors (Lipinski definition) is 1. The molecule has 0 aliphatic carbocycles. The Morgan fingerprint density at radius 1 is 0.875 bits per heavy atom. The first-order valence-corrected chi connectivity index (χ1v) is 15.2. The fourth-order valence-electron chi connectivity index (χ4n) is 4.21. The molecule has 3 aromatic rings. The highest BCUT2D eigenvalue weighted by Crippen LogP contribution is 2.18. The summed E-state index contributed by atoms with van der Waals surface area (Å²) in [7, 11) is -2.15. The lowest BCUT2D eigenvalue weighted by molar-refractivity contribution is -0.141. The van der Waals surface area contributed by atoms with Crippen LogP contribution in [0.4, 0.5) is 0 Å². The fourth-order valence-corrected chi connectivity index (χ4v) is 5.06. The minimum Gasteiger partial charge on any atom is -0.385 e. The second-order valence-electron chi connectivity index (χ2n) is 9.51. The second-order valence-corrected chi connectivity index (χ2v) is 11.9. The number of amides is 2. The Bertz CT molecular complexity index is 1320. The molecule has 3 rings (SSSR count). The largest absolute Gasteiger partial charge is 0.385 e. The van der Waals surface area contributed by atoms with E-state index in [1.807, 2.05) is 48.5 Å². The van der Waals surface area contributed by atoms with Gasteiger partial charge in [-0.05, 0) is 35.2 Å². The molecule has 1 N–H and O–H groups in total. The van der Waals surface area contributed by atoms with Gasteiger partial charge in [0.25, 0.3) is 0 Å². The van der Waals surface area contributed by atoms with Gasteiger partial charge < -0.3 is 15.0 Å². The van der Waals surface area contributed by atoms with Crippen molar-refractivity contribution in [2.24, 2.45) is 0 Å². The van der Waals surface area contributed by atoms with Crippen LogP contribution in [0, 0.1) is 0 Å². The highest BCUT2D eigenvalue weighted by Gasteiger charge is 2.32. The first-order chi connectivity index (χ1) is 19.2. The molecular formula is C30H36ClN3O5S. The zero-order chi connectivity index (χ0) is 29.0. The summed E-state index contributed by atoms with van der Waals surface area (Å²) >= 11 is 6.08. The summed E-state index contributed by atoms with van der Waals surface area (Å²) in [5.74, 6) is -0.805. The van der Waals surface area contributed by atoms with Gasteiger partial charge >= 0.3 is 0 Å². The van der Waals surface area contributed by atoms with Crippen molar-refractivity contribution in [3.63, 3.8) is 0 Å². The number of sulfonamides is 1. The van der Waals surface area contributed by atoms with E-state index in [9.17, 15) is 18.0 Å². The maximum absolute atomic E-state index is 14.0. The zero-order valence-electron chi connectivity index (χ0n) is 22.8. The van der Waals surface area contributed by atoms with Crippen LogP contribution < -0.4 is 5.32 Å². The molecule has 0 aliphatic rings. The van der Waals surface area contributed by atoms with Crippen LogP contribution in [0.3, 0.4) is 0 Å². The lowest BCUT2D eigenvalue weighted by Crippen LogP contribution is -2.53. The van der Waals surface area contributed by atoms with Crippen LogP contribution in [-0.4, -0.2) is 68.5 Å². The van der Waals surface area contributed by atoms with Crippen LogP contribution in [0.2, 0.25) is 5.02 Å². The van der Waals surface area contributed by atoms with E-state index in [0.717, 1.165) is 27.3 Å². The van der Waals surface area contributed by atoms with Gasteiger partial charge in [0.1, 0.15) is 6.04 Å². The molecule has 3 aromatic carbocycles. The predicted molar refractivity (Wildman–Crippen MR) is 157 cm³/mol.